The molecule has 2 spiro atoms. The molecule has 3 heteroatoms. The zero-order valence-corrected chi connectivity index (χ0v) is 11.4. The smallest absolute Gasteiger partial charge is 0.117 e. The lowest BCUT2D eigenvalue weighted by molar-refractivity contribution is -0.188. The molecule has 0 amide bonds. The third kappa shape index (κ3) is 0.879. The van der Waals surface area contributed by atoms with Gasteiger partial charge in [-0.2, -0.15) is 0 Å². The van der Waals surface area contributed by atoms with Crippen molar-refractivity contribution >= 4 is 0 Å². The first kappa shape index (κ1) is 11.4. The highest BCUT2D eigenvalue weighted by atomic mass is 16.5. The molecule has 1 aliphatic heterocycles. The van der Waals surface area contributed by atoms with Crippen LogP contribution < -0.4 is 0 Å². The normalized spacial score (nSPS) is 56.2. The van der Waals surface area contributed by atoms with Crippen LogP contribution in [0.5, 0.6) is 0 Å². The maximum atomic E-state index is 11.0. The molecule has 4 rings (SSSR count). The Hall–Kier alpha value is -0.380. The van der Waals surface area contributed by atoms with E-state index in [-0.39, 0.29) is 5.41 Å². The van der Waals surface area contributed by atoms with Crippen LogP contribution in [0.4, 0.5) is 0 Å². The second-order valence-electron chi connectivity index (χ2n) is 7.72. The van der Waals surface area contributed by atoms with Gasteiger partial charge in [0.25, 0.3) is 0 Å². The van der Waals surface area contributed by atoms with E-state index in [0.717, 1.165) is 31.3 Å². The van der Waals surface area contributed by atoms with Crippen molar-refractivity contribution in [2.75, 3.05) is 6.61 Å². The van der Waals surface area contributed by atoms with Crippen molar-refractivity contribution in [3.05, 3.63) is 11.1 Å². The van der Waals surface area contributed by atoms with Crippen molar-refractivity contribution in [2.45, 2.75) is 63.8 Å². The van der Waals surface area contributed by atoms with Crippen LogP contribution in [0, 0.1) is 10.8 Å². The molecule has 3 nitrogen and oxygen atoms in total. The summed E-state index contributed by atoms with van der Waals surface area (Å²) in [7, 11) is 0. The second kappa shape index (κ2) is 2.72. The number of aliphatic hydroxyl groups excluding tert-OH is 1. The molecule has 2 bridgehead atoms. The SMILES string of the molecule is CC1=C2CC(C)(C)CC23OC[C@@]2(CC[C@@]12O)[C@H]3O. The molecular formula is C15H22O3. The molecule has 0 aromatic rings. The largest absolute Gasteiger partial charge is 0.389 e. The number of rotatable bonds is 0. The molecule has 0 aromatic carbocycles. The summed E-state index contributed by atoms with van der Waals surface area (Å²) in [6, 6.07) is 0. The van der Waals surface area contributed by atoms with Gasteiger partial charge in [-0.3, -0.25) is 0 Å². The minimum absolute atomic E-state index is 0.156. The Kier molecular flexibility index (Phi) is 1.73. The molecule has 0 aromatic heterocycles. The van der Waals surface area contributed by atoms with E-state index in [2.05, 4.69) is 20.8 Å². The molecule has 2 N–H and O–H groups in total. The molecule has 2 saturated carbocycles. The lowest BCUT2D eigenvalue weighted by Crippen LogP contribution is -2.68. The molecule has 18 heavy (non-hydrogen) atoms. The fraction of sp³-hybridized carbons (Fsp3) is 0.867. The van der Waals surface area contributed by atoms with E-state index in [1.807, 2.05) is 0 Å². The fourth-order valence-corrected chi connectivity index (χ4v) is 5.27. The van der Waals surface area contributed by atoms with E-state index < -0.39 is 22.7 Å². The topological polar surface area (TPSA) is 49.7 Å². The zero-order valence-electron chi connectivity index (χ0n) is 11.4. The highest BCUT2D eigenvalue weighted by Gasteiger charge is 2.77. The third-order valence-electron chi connectivity index (χ3n) is 6.29. The molecule has 3 aliphatic carbocycles. The zero-order chi connectivity index (χ0) is 13.0. The predicted octanol–water partition coefficient (Wildman–Crippen LogP) is 1.78. The van der Waals surface area contributed by atoms with Gasteiger partial charge in [0.15, 0.2) is 0 Å². The molecular weight excluding hydrogens is 228 g/mol. The standard InChI is InChI=1S/C15H22O3/c1-9-10-6-12(2,3)7-14(10)11(16)13(8-18-14)4-5-15(9,13)17/h11,16-17H,4-8H2,1-3H3/t11-,13+,14?,15-/m1/s1. The second-order valence-corrected chi connectivity index (χ2v) is 7.72. The highest BCUT2D eigenvalue weighted by molar-refractivity contribution is 5.48. The Morgan fingerprint density at radius 2 is 2.00 bits per heavy atom. The van der Waals surface area contributed by atoms with Crippen molar-refractivity contribution in [3.8, 4) is 0 Å². The van der Waals surface area contributed by atoms with Crippen LogP contribution in [0.25, 0.3) is 0 Å². The van der Waals surface area contributed by atoms with Crippen molar-refractivity contribution in [2.24, 2.45) is 10.8 Å². The number of hydrogen-bond donors (Lipinski definition) is 2. The monoisotopic (exact) mass is 250 g/mol. The molecule has 100 valence electrons. The van der Waals surface area contributed by atoms with Gasteiger partial charge in [-0.25, -0.2) is 0 Å². The maximum absolute atomic E-state index is 11.0. The predicted molar refractivity (Wildman–Crippen MR) is 67.0 cm³/mol. The van der Waals surface area contributed by atoms with Crippen LogP contribution >= 0.6 is 0 Å². The molecule has 1 heterocycles. The number of ether oxygens (including phenoxy) is 1. The average Bonchev–Trinajstić information content (AvgIpc) is 2.72. The summed E-state index contributed by atoms with van der Waals surface area (Å²) in [6.45, 7) is 7.03. The van der Waals surface area contributed by atoms with Gasteiger partial charge in [-0.15, -0.1) is 0 Å². The minimum atomic E-state index is -0.803. The van der Waals surface area contributed by atoms with Crippen LogP contribution in [-0.4, -0.2) is 34.1 Å². The van der Waals surface area contributed by atoms with Gasteiger partial charge in [-0.1, -0.05) is 13.8 Å². The van der Waals surface area contributed by atoms with E-state index >= 15 is 0 Å². The van der Waals surface area contributed by atoms with Gasteiger partial charge in [0.05, 0.1) is 23.7 Å². The van der Waals surface area contributed by atoms with Crippen LogP contribution in [0.15, 0.2) is 11.1 Å². The van der Waals surface area contributed by atoms with E-state index in [0.29, 0.717) is 6.61 Å². The molecule has 1 unspecified atom stereocenters. The van der Waals surface area contributed by atoms with E-state index in [1.54, 1.807) is 0 Å². The average molecular weight is 250 g/mol. The van der Waals surface area contributed by atoms with E-state index in [9.17, 15) is 10.2 Å². The van der Waals surface area contributed by atoms with Crippen LogP contribution in [0.3, 0.4) is 0 Å². The van der Waals surface area contributed by atoms with Crippen molar-refractivity contribution in [3.63, 3.8) is 0 Å². The summed E-state index contributed by atoms with van der Waals surface area (Å²) in [4.78, 5) is 0. The van der Waals surface area contributed by atoms with Gasteiger partial charge in [-0.05, 0) is 49.2 Å². The Balaban J connectivity index is 1.98. The van der Waals surface area contributed by atoms with Crippen molar-refractivity contribution < 1.29 is 14.9 Å². The summed E-state index contributed by atoms with van der Waals surface area (Å²) < 4.78 is 6.13. The van der Waals surface area contributed by atoms with Crippen LogP contribution in [0.2, 0.25) is 0 Å². The van der Waals surface area contributed by atoms with Gasteiger partial charge >= 0.3 is 0 Å². The van der Waals surface area contributed by atoms with E-state index in [1.165, 1.54) is 5.57 Å². The molecule has 0 radical (unpaired) electrons. The number of hydrogen-bond acceptors (Lipinski definition) is 3. The van der Waals surface area contributed by atoms with Crippen molar-refractivity contribution in [1.29, 1.82) is 0 Å². The summed E-state index contributed by atoms with van der Waals surface area (Å²) in [5.74, 6) is 0. The first-order valence-corrected chi connectivity index (χ1v) is 7.03. The quantitative estimate of drug-likeness (QED) is 0.644. The summed E-state index contributed by atoms with van der Waals surface area (Å²) in [5.41, 5.74) is 0.740. The Bertz CT molecular complexity index is 480. The summed E-state index contributed by atoms with van der Waals surface area (Å²) >= 11 is 0. The maximum Gasteiger partial charge on any atom is 0.117 e. The molecule has 4 atom stereocenters. The Morgan fingerprint density at radius 3 is 2.61 bits per heavy atom. The number of aliphatic hydroxyl groups is 2. The third-order valence-corrected chi connectivity index (χ3v) is 6.29. The first-order chi connectivity index (χ1) is 8.28. The van der Waals surface area contributed by atoms with Crippen molar-refractivity contribution in [1.82, 2.24) is 0 Å². The lowest BCUT2D eigenvalue weighted by atomic mass is 9.47. The van der Waals surface area contributed by atoms with Gasteiger partial charge in [0.2, 0.25) is 0 Å². The molecule has 4 aliphatic rings. The minimum Gasteiger partial charge on any atom is -0.389 e. The van der Waals surface area contributed by atoms with Gasteiger partial charge in [0, 0.05) is 0 Å². The lowest BCUT2D eigenvalue weighted by Gasteiger charge is -2.60. The van der Waals surface area contributed by atoms with Gasteiger partial charge < -0.3 is 14.9 Å². The van der Waals surface area contributed by atoms with E-state index in [4.69, 9.17) is 4.74 Å². The highest BCUT2D eigenvalue weighted by Crippen LogP contribution is 2.71. The van der Waals surface area contributed by atoms with Gasteiger partial charge in [0.1, 0.15) is 5.60 Å². The first-order valence-electron chi connectivity index (χ1n) is 7.03. The van der Waals surface area contributed by atoms with Crippen LogP contribution in [0.1, 0.15) is 46.5 Å². The summed E-state index contributed by atoms with van der Waals surface area (Å²) in [6.07, 6.45) is 2.96. The molecule has 3 fully saturated rings. The van der Waals surface area contributed by atoms with Crippen LogP contribution in [-0.2, 0) is 4.74 Å². The Labute approximate surface area is 108 Å². The summed E-state index contributed by atoms with van der Waals surface area (Å²) in [5, 5.41) is 21.8. The Morgan fingerprint density at radius 1 is 1.28 bits per heavy atom. The molecule has 1 saturated heterocycles. The fourth-order valence-electron chi connectivity index (χ4n) is 5.27.